The molecule has 1 saturated heterocycles. The smallest absolute Gasteiger partial charge is 0.165 e. The molecule has 0 radical (unpaired) electrons. The molecular formula is C13H14O3. The molecule has 0 unspecified atom stereocenters. The highest BCUT2D eigenvalue weighted by molar-refractivity contribution is 5.83. The Morgan fingerprint density at radius 2 is 1.94 bits per heavy atom. The minimum Gasteiger partial charge on any atom is -0.486 e. The van der Waals surface area contributed by atoms with Crippen LogP contribution in [-0.2, 0) is 4.74 Å². The Morgan fingerprint density at radius 1 is 1.12 bits per heavy atom. The Kier molecular flexibility index (Phi) is 2.54. The molecule has 0 aliphatic carbocycles. The van der Waals surface area contributed by atoms with Crippen LogP contribution in [0.4, 0.5) is 0 Å². The molecule has 1 aromatic heterocycles. The van der Waals surface area contributed by atoms with E-state index in [1.165, 1.54) is 0 Å². The Bertz CT molecular complexity index is 469. The van der Waals surface area contributed by atoms with Crippen LogP contribution in [0.3, 0.4) is 0 Å². The highest BCUT2D eigenvalue weighted by atomic mass is 16.5. The Morgan fingerprint density at radius 3 is 2.81 bits per heavy atom. The van der Waals surface area contributed by atoms with Gasteiger partial charge in [0.1, 0.15) is 18.0 Å². The maximum absolute atomic E-state index is 5.93. The summed E-state index contributed by atoms with van der Waals surface area (Å²) in [5.74, 6) is 0.850. The van der Waals surface area contributed by atoms with Crippen LogP contribution in [0.2, 0.25) is 0 Å². The minimum absolute atomic E-state index is 0.259. The highest BCUT2D eigenvalue weighted by Crippen LogP contribution is 2.29. The summed E-state index contributed by atoms with van der Waals surface area (Å²) in [6.07, 6.45) is 3.87. The fourth-order valence-corrected chi connectivity index (χ4v) is 2.02. The third-order valence-electron chi connectivity index (χ3n) is 2.91. The summed E-state index contributed by atoms with van der Waals surface area (Å²) in [7, 11) is 0. The number of fused-ring (bicyclic) bond motifs is 1. The van der Waals surface area contributed by atoms with Crippen LogP contribution in [0.5, 0.6) is 5.75 Å². The van der Waals surface area contributed by atoms with Gasteiger partial charge in [0.25, 0.3) is 0 Å². The van der Waals surface area contributed by atoms with Gasteiger partial charge in [-0.15, -0.1) is 0 Å². The number of rotatable bonds is 2. The first-order chi connectivity index (χ1) is 7.93. The first-order valence-corrected chi connectivity index (χ1v) is 5.64. The summed E-state index contributed by atoms with van der Waals surface area (Å²) in [6.45, 7) is 1.58. The number of para-hydroxylation sites is 1. The van der Waals surface area contributed by atoms with Crippen molar-refractivity contribution in [2.75, 3.05) is 13.2 Å². The number of ether oxygens (including phenoxy) is 2. The van der Waals surface area contributed by atoms with Crippen molar-refractivity contribution in [1.29, 1.82) is 0 Å². The summed E-state index contributed by atoms with van der Waals surface area (Å²) in [4.78, 5) is 0. The molecule has 1 aliphatic rings. The van der Waals surface area contributed by atoms with Crippen molar-refractivity contribution in [1.82, 2.24) is 0 Å². The van der Waals surface area contributed by atoms with E-state index in [1.54, 1.807) is 6.26 Å². The SMILES string of the molecule is c1ccc2c(OC3CCOCC3)coc2c1. The second kappa shape index (κ2) is 4.18. The lowest BCUT2D eigenvalue weighted by atomic mass is 10.1. The average Bonchev–Trinajstić information content (AvgIpc) is 2.74. The van der Waals surface area contributed by atoms with Gasteiger partial charge in [0.2, 0.25) is 0 Å². The summed E-state index contributed by atoms with van der Waals surface area (Å²) in [5.41, 5.74) is 0.879. The lowest BCUT2D eigenvalue weighted by molar-refractivity contribution is 0.0258. The van der Waals surface area contributed by atoms with E-state index in [2.05, 4.69) is 0 Å². The monoisotopic (exact) mass is 218 g/mol. The van der Waals surface area contributed by atoms with Crippen molar-refractivity contribution in [2.24, 2.45) is 0 Å². The number of hydrogen-bond donors (Lipinski definition) is 0. The zero-order chi connectivity index (χ0) is 10.8. The number of benzene rings is 1. The van der Waals surface area contributed by atoms with E-state index in [9.17, 15) is 0 Å². The third-order valence-corrected chi connectivity index (χ3v) is 2.91. The molecule has 3 rings (SSSR count). The van der Waals surface area contributed by atoms with Gasteiger partial charge < -0.3 is 13.9 Å². The molecule has 0 amide bonds. The molecule has 0 N–H and O–H groups in total. The normalized spacial score (nSPS) is 17.8. The molecule has 0 atom stereocenters. The van der Waals surface area contributed by atoms with Crippen LogP contribution in [0.15, 0.2) is 34.9 Å². The summed E-state index contributed by atoms with van der Waals surface area (Å²) >= 11 is 0. The molecule has 1 aromatic carbocycles. The molecule has 16 heavy (non-hydrogen) atoms. The van der Waals surface area contributed by atoms with Crippen LogP contribution >= 0.6 is 0 Å². The molecule has 1 aliphatic heterocycles. The van der Waals surface area contributed by atoms with Crippen LogP contribution in [-0.4, -0.2) is 19.3 Å². The topological polar surface area (TPSA) is 31.6 Å². The molecule has 0 bridgehead atoms. The van der Waals surface area contributed by atoms with Crippen molar-refractivity contribution < 1.29 is 13.9 Å². The van der Waals surface area contributed by atoms with Gasteiger partial charge in [-0.1, -0.05) is 12.1 Å². The van der Waals surface area contributed by atoms with E-state index in [-0.39, 0.29) is 6.10 Å². The van der Waals surface area contributed by atoms with E-state index < -0.39 is 0 Å². The van der Waals surface area contributed by atoms with E-state index in [0.717, 1.165) is 42.8 Å². The average molecular weight is 218 g/mol. The molecule has 0 saturated carbocycles. The third kappa shape index (κ3) is 1.78. The number of furan rings is 1. The summed E-state index contributed by atoms with van der Waals surface area (Å²) < 4.78 is 16.7. The molecular weight excluding hydrogens is 204 g/mol. The van der Waals surface area contributed by atoms with Gasteiger partial charge in [-0.2, -0.15) is 0 Å². The van der Waals surface area contributed by atoms with Crippen LogP contribution in [0.25, 0.3) is 11.0 Å². The summed E-state index contributed by atoms with van der Waals surface area (Å²) in [5, 5.41) is 1.05. The second-order valence-electron chi connectivity index (χ2n) is 4.03. The summed E-state index contributed by atoms with van der Waals surface area (Å²) in [6, 6.07) is 7.93. The fourth-order valence-electron chi connectivity index (χ4n) is 2.02. The predicted molar refractivity (Wildman–Crippen MR) is 60.7 cm³/mol. The fraction of sp³-hybridized carbons (Fsp3) is 0.385. The highest BCUT2D eigenvalue weighted by Gasteiger charge is 2.17. The maximum Gasteiger partial charge on any atom is 0.165 e. The lowest BCUT2D eigenvalue weighted by Crippen LogP contribution is -2.25. The van der Waals surface area contributed by atoms with Crippen LogP contribution in [0, 0.1) is 0 Å². The van der Waals surface area contributed by atoms with Crippen LogP contribution in [0.1, 0.15) is 12.8 Å². The first-order valence-electron chi connectivity index (χ1n) is 5.64. The van der Waals surface area contributed by atoms with E-state index in [4.69, 9.17) is 13.9 Å². The molecule has 84 valence electrons. The Hall–Kier alpha value is -1.48. The lowest BCUT2D eigenvalue weighted by Gasteiger charge is -2.22. The van der Waals surface area contributed by atoms with Crippen molar-refractivity contribution in [3.63, 3.8) is 0 Å². The van der Waals surface area contributed by atoms with E-state index >= 15 is 0 Å². The van der Waals surface area contributed by atoms with E-state index in [0.29, 0.717) is 0 Å². The van der Waals surface area contributed by atoms with Crippen molar-refractivity contribution in [3.05, 3.63) is 30.5 Å². The van der Waals surface area contributed by atoms with Gasteiger partial charge in [0, 0.05) is 12.8 Å². The Labute approximate surface area is 94.0 Å². The standard InChI is InChI=1S/C13H14O3/c1-2-4-12-11(3-1)13(9-15-12)16-10-5-7-14-8-6-10/h1-4,9-10H,5-8H2. The van der Waals surface area contributed by atoms with E-state index in [1.807, 2.05) is 24.3 Å². The molecule has 1 fully saturated rings. The Balaban J connectivity index is 1.83. The second-order valence-corrected chi connectivity index (χ2v) is 4.03. The predicted octanol–water partition coefficient (Wildman–Crippen LogP) is 2.99. The molecule has 2 aromatic rings. The van der Waals surface area contributed by atoms with Crippen molar-refractivity contribution >= 4 is 11.0 Å². The zero-order valence-corrected chi connectivity index (χ0v) is 9.02. The zero-order valence-electron chi connectivity index (χ0n) is 9.02. The van der Waals surface area contributed by atoms with Crippen molar-refractivity contribution in [2.45, 2.75) is 18.9 Å². The molecule has 0 spiro atoms. The first kappa shape index (κ1) is 9.73. The van der Waals surface area contributed by atoms with Gasteiger partial charge in [-0.3, -0.25) is 0 Å². The molecule has 2 heterocycles. The van der Waals surface area contributed by atoms with Crippen molar-refractivity contribution in [3.8, 4) is 5.75 Å². The largest absolute Gasteiger partial charge is 0.486 e. The molecule has 3 heteroatoms. The van der Waals surface area contributed by atoms with Crippen LogP contribution < -0.4 is 4.74 Å². The van der Waals surface area contributed by atoms with Gasteiger partial charge in [-0.05, 0) is 12.1 Å². The van der Waals surface area contributed by atoms with Gasteiger partial charge >= 0.3 is 0 Å². The van der Waals surface area contributed by atoms with Gasteiger partial charge in [-0.25, -0.2) is 0 Å². The van der Waals surface area contributed by atoms with Gasteiger partial charge in [0.15, 0.2) is 5.75 Å². The quantitative estimate of drug-likeness (QED) is 0.776. The minimum atomic E-state index is 0.259. The molecule has 3 nitrogen and oxygen atoms in total. The van der Waals surface area contributed by atoms with Gasteiger partial charge in [0.05, 0.1) is 18.6 Å². The number of hydrogen-bond acceptors (Lipinski definition) is 3. The maximum atomic E-state index is 5.93.